The zero-order chi connectivity index (χ0) is 13.2. The minimum atomic E-state index is 0.944. The number of aromatic amines is 1. The van der Waals surface area contributed by atoms with Crippen LogP contribution >= 0.6 is 11.8 Å². The fourth-order valence-electron chi connectivity index (χ4n) is 2.00. The van der Waals surface area contributed by atoms with E-state index in [2.05, 4.69) is 66.3 Å². The number of nitrogens with zero attached hydrogens (tertiary/aromatic N) is 1. The Labute approximate surface area is 117 Å². The first-order chi connectivity index (χ1) is 9.20. The van der Waals surface area contributed by atoms with Gasteiger partial charge in [-0.1, -0.05) is 47.7 Å². The fourth-order valence-corrected chi connectivity index (χ4v) is 2.85. The van der Waals surface area contributed by atoms with Gasteiger partial charge >= 0.3 is 0 Å². The zero-order valence-corrected chi connectivity index (χ0v) is 11.9. The van der Waals surface area contributed by atoms with Crippen molar-refractivity contribution in [3.05, 3.63) is 59.2 Å². The number of benzene rings is 2. The van der Waals surface area contributed by atoms with Crippen molar-refractivity contribution < 1.29 is 0 Å². The molecule has 1 N–H and O–H groups in total. The van der Waals surface area contributed by atoms with Crippen LogP contribution < -0.4 is 0 Å². The second-order valence-corrected chi connectivity index (χ2v) is 5.80. The maximum absolute atomic E-state index is 4.59. The summed E-state index contributed by atoms with van der Waals surface area (Å²) in [5.41, 5.74) is 6.04. The number of aromatic nitrogens is 2. The first-order valence-electron chi connectivity index (χ1n) is 6.35. The molecule has 2 nitrogen and oxygen atoms in total. The third-order valence-corrected chi connectivity index (χ3v) is 4.06. The van der Waals surface area contributed by atoms with Gasteiger partial charge in [-0.25, -0.2) is 4.98 Å². The molecule has 0 aliphatic carbocycles. The summed E-state index contributed by atoms with van der Waals surface area (Å²) < 4.78 is 0. The van der Waals surface area contributed by atoms with Crippen LogP contribution in [0.3, 0.4) is 0 Å². The van der Waals surface area contributed by atoms with E-state index in [4.69, 9.17) is 0 Å². The Morgan fingerprint density at radius 3 is 2.53 bits per heavy atom. The molecule has 2 aromatic carbocycles. The Morgan fingerprint density at radius 2 is 1.74 bits per heavy atom. The minimum absolute atomic E-state index is 0.944. The van der Waals surface area contributed by atoms with Crippen molar-refractivity contribution in [2.24, 2.45) is 0 Å². The lowest BCUT2D eigenvalue weighted by Crippen LogP contribution is -1.82. The molecule has 0 atom stereocenters. The number of hydrogen-bond donors (Lipinski definition) is 1. The van der Waals surface area contributed by atoms with E-state index in [1.54, 1.807) is 11.8 Å². The van der Waals surface area contributed by atoms with Gasteiger partial charge < -0.3 is 4.98 Å². The van der Waals surface area contributed by atoms with Crippen molar-refractivity contribution in [2.75, 3.05) is 0 Å². The molecule has 96 valence electrons. The molecule has 1 aromatic heterocycles. The van der Waals surface area contributed by atoms with E-state index in [0.29, 0.717) is 0 Å². The van der Waals surface area contributed by atoms with Crippen LogP contribution in [-0.2, 0) is 5.75 Å². The molecule has 3 heteroatoms. The Morgan fingerprint density at radius 1 is 1.00 bits per heavy atom. The Kier molecular flexibility index (Phi) is 3.30. The standard InChI is InChI=1S/C16H16N2S/c1-11-3-6-13(7-4-11)10-19-16-17-14-8-5-12(2)9-15(14)18-16/h3-9H,10H2,1-2H3,(H,17,18). The second-order valence-electron chi connectivity index (χ2n) is 4.84. The first-order valence-corrected chi connectivity index (χ1v) is 7.34. The maximum Gasteiger partial charge on any atom is 0.166 e. The van der Waals surface area contributed by atoms with Crippen LogP contribution in [0.5, 0.6) is 0 Å². The highest BCUT2D eigenvalue weighted by Crippen LogP contribution is 2.23. The van der Waals surface area contributed by atoms with Crippen molar-refractivity contribution >= 4 is 22.8 Å². The van der Waals surface area contributed by atoms with E-state index in [0.717, 1.165) is 21.9 Å². The third-order valence-electron chi connectivity index (χ3n) is 3.11. The van der Waals surface area contributed by atoms with Gasteiger partial charge in [-0.05, 0) is 37.1 Å². The summed E-state index contributed by atoms with van der Waals surface area (Å²) in [7, 11) is 0. The number of thioether (sulfide) groups is 1. The van der Waals surface area contributed by atoms with Crippen LogP contribution in [0.25, 0.3) is 11.0 Å². The number of rotatable bonds is 3. The number of H-pyrrole nitrogens is 1. The number of imidazole rings is 1. The summed E-state index contributed by atoms with van der Waals surface area (Å²) in [5.74, 6) is 0.944. The predicted molar refractivity (Wildman–Crippen MR) is 81.6 cm³/mol. The number of hydrogen-bond acceptors (Lipinski definition) is 2. The largest absolute Gasteiger partial charge is 0.333 e. The molecule has 3 rings (SSSR count). The molecular formula is C16H16N2S. The molecule has 1 heterocycles. The van der Waals surface area contributed by atoms with Gasteiger partial charge in [0.25, 0.3) is 0 Å². The summed E-state index contributed by atoms with van der Waals surface area (Å²) in [5, 5.41) is 0.987. The normalized spacial score (nSPS) is 11.1. The van der Waals surface area contributed by atoms with Crippen molar-refractivity contribution in [2.45, 2.75) is 24.8 Å². The molecule has 0 aliphatic rings. The van der Waals surface area contributed by atoms with Gasteiger partial charge in [-0.3, -0.25) is 0 Å². The summed E-state index contributed by atoms with van der Waals surface area (Å²) in [4.78, 5) is 7.96. The molecule has 0 amide bonds. The van der Waals surface area contributed by atoms with Crippen LogP contribution in [0, 0.1) is 13.8 Å². The molecule has 0 aliphatic heterocycles. The Bertz CT molecular complexity index is 698. The molecule has 0 spiro atoms. The summed E-state index contributed by atoms with van der Waals surface area (Å²) in [6, 6.07) is 15.0. The van der Waals surface area contributed by atoms with Gasteiger partial charge in [0.15, 0.2) is 5.16 Å². The number of fused-ring (bicyclic) bond motifs is 1. The van der Waals surface area contributed by atoms with E-state index >= 15 is 0 Å². The van der Waals surface area contributed by atoms with Crippen LogP contribution in [0.15, 0.2) is 47.6 Å². The average Bonchev–Trinajstić information content (AvgIpc) is 2.80. The topological polar surface area (TPSA) is 28.7 Å². The minimum Gasteiger partial charge on any atom is -0.333 e. The smallest absolute Gasteiger partial charge is 0.166 e. The summed E-state index contributed by atoms with van der Waals surface area (Å²) >= 11 is 1.74. The zero-order valence-electron chi connectivity index (χ0n) is 11.1. The lowest BCUT2D eigenvalue weighted by Gasteiger charge is -1.99. The van der Waals surface area contributed by atoms with Gasteiger partial charge in [-0.15, -0.1) is 0 Å². The molecule has 0 saturated carbocycles. The molecule has 0 saturated heterocycles. The monoisotopic (exact) mass is 268 g/mol. The molecule has 3 aromatic rings. The van der Waals surface area contributed by atoms with Crippen LogP contribution in [0.4, 0.5) is 0 Å². The van der Waals surface area contributed by atoms with Gasteiger partial charge in [-0.2, -0.15) is 0 Å². The Balaban J connectivity index is 1.76. The quantitative estimate of drug-likeness (QED) is 0.710. The molecular weight excluding hydrogens is 252 g/mol. The average molecular weight is 268 g/mol. The van der Waals surface area contributed by atoms with Crippen LogP contribution in [-0.4, -0.2) is 9.97 Å². The van der Waals surface area contributed by atoms with E-state index in [1.165, 1.54) is 16.7 Å². The lowest BCUT2D eigenvalue weighted by atomic mass is 10.2. The van der Waals surface area contributed by atoms with Crippen molar-refractivity contribution in [3.63, 3.8) is 0 Å². The molecule has 0 radical (unpaired) electrons. The van der Waals surface area contributed by atoms with E-state index < -0.39 is 0 Å². The highest BCUT2D eigenvalue weighted by molar-refractivity contribution is 7.98. The highest BCUT2D eigenvalue weighted by Gasteiger charge is 2.03. The predicted octanol–water partition coefficient (Wildman–Crippen LogP) is 4.47. The molecule has 0 fully saturated rings. The number of nitrogens with one attached hydrogen (secondary N) is 1. The molecule has 0 bridgehead atoms. The lowest BCUT2D eigenvalue weighted by molar-refractivity contribution is 1.08. The molecule has 19 heavy (non-hydrogen) atoms. The van der Waals surface area contributed by atoms with Gasteiger partial charge in [0.2, 0.25) is 0 Å². The van der Waals surface area contributed by atoms with Gasteiger partial charge in [0, 0.05) is 5.75 Å². The van der Waals surface area contributed by atoms with Gasteiger partial charge in [0.1, 0.15) is 0 Å². The second kappa shape index (κ2) is 5.10. The SMILES string of the molecule is Cc1ccc(CSc2nc3ccc(C)cc3[nH]2)cc1. The summed E-state index contributed by atoms with van der Waals surface area (Å²) in [6.45, 7) is 4.21. The van der Waals surface area contributed by atoms with Crippen molar-refractivity contribution in [1.82, 2.24) is 9.97 Å². The first kappa shape index (κ1) is 12.3. The third kappa shape index (κ3) is 2.82. The van der Waals surface area contributed by atoms with E-state index in [1.807, 2.05) is 0 Å². The molecule has 0 unspecified atom stereocenters. The highest BCUT2D eigenvalue weighted by atomic mass is 32.2. The van der Waals surface area contributed by atoms with Gasteiger partial charge in [0.05, 0.1) is 11.0 Å². The van der Waals surface area contributed by atoms with E-state index in [-0.39, 0.29) is 0 Å². The fraction of sp³-hybridized carbons (Fsp3) is 0.188. The Hall–Kier alpha value is -1.74. The van der Waals surface area contributed by atoms with Crippen molar-refractivity contribution in [3.8, 4) is 0 Å². The van der Waals surface area contributed by atoms with E-state index in [9.17, 15) is 0 Å². The van der Waals surface area contributed by atoms with Crippen LogP contribution in [0.2, 0.25) is 0 Å². The van der Waals surface area contributed by atoms with Crippen LogP contribution in [0.1, 0.15) is 16.7 Å². The maximum atomic E-state index is 4.59. The van der Waals surface area contributed by atoms with Crippen molar-refractivity contribution in [1.29, 1.82) is 0 Å². The number of aryl methyl sites for hydroxylation is 2. The summed E-state index contributed by atoms with van der Waals surface area (Å²) in [6.07, 6.45) is 0.